The summed E-state index contributed by atoms with van der Waals surface area (Å²) in [5, 5.41) is 0. The molecule has 0 aliphatic heterocycles. The Morgan fingerprint density at radius 1 is 0.586 bits per heavy atom. The van der Waals surface area contributed by atoms with Crippen LogP contribution in [0.25, 0.3) is 0 Å². The third-order valence-electron chi connectivity index (χ3n) is 8.55. The minimum Gasteiger partial charge on any atom is -0.377 e. The molecule has 2 fully saturated rings. The molecule has 3 heteroatoms. The van der Waals surface area contributed by atoms with Crippen LogP contribution in [0.4, 0.5) is 0 Å². The number of fused-ring (bicyclic) bond motifs is 10. The molecule has 6 rings (SSSR count). The van der Waals surface area contributed by atoms with Gasteiger partial charge in [-0.25, -0.2) is 0 Å². The summed E-state index contributed by atoms with van der Waals surface area (Å²) in [6.07, 6.45) is 20.1. The van der Waals surface area contributed by atoms with Gasteiger partial charge in [0.1, 0.15) is 0 Å². The first-order chi connectivity index (χ1) is 14.3. The molecule has 0 aromatic rings. The van der Waals surface area contributed by atoms with E-state index in [2.05, 4.69) is 36.5 Å². The molecule has 0 spiro atoms. The van der Waals surface area contributed by atoms with Crippen LogP contribution in [0.1, 0.15) is 25.7 Å². The first kappa shape index (κ1) is 18.6. The summed E-state index contributed by atoms with van der Waals surface area (Å²) >= 11 is 0. The van der Waals surface area contributed by atoms with Crippen molar-refractivity contribution in [2.24, 2.45) is 47.3 Å². The first-order valence-electron chi connectivity index (χ1n) is 11.8. The van der Waals surface area contributed by atoms with Crippen molar-refractivity contribution in [1.82, 2.24) is 0 Å². The minimum absolute atomic E-state index is 0.665. The summed E-state index contributed by atoms with van der Waals surface area (Å²) in [7, 11) is 0. The number of rotatable bonds is 10. The van der Waals surface area contributed by atoms with E-state index >= 15 is 0 Å². The van der Waals surface area contributed by atoms with Gasteiger partial charge in [-0.15, -0.1) is 0 Å². The molecule has 156 valence electrons. The molecule has 2 saturated carbocycles. The largest absolute Gasteiger partial charge is 0.377 e. The Balaban J connectivity index is 0.806. The van der Waals surface area contributed by atoms with E-state index in [1.807, 2.05) is 0 Å². The van der Waals surface area contributed by atoms with E-state index in [4.69, 9.17) is 14.2 Å². The normalized spacial score (nSPS) is 42.6. The van der Waals surface area contributed by atoms with Gasteiger partial charge in [0.05, 0.1) is 39.6 Å². The van der Waals surface area contributed by atoms with Gasteiger partial charge < -0.3 is 14.2 Å². The molecule has 3 nitrogen and oxygen atoms in total. The lowest BCUT2D eigenvalue weighted by atomic mass is 9.85. The van der Waals surface area contributed by atoms with Gasteiger partial charge >= 0.3 is 0 Å². The predicted octanol–water partition coefficient (Wildman–Crippen LogP) is 4.57. The van der Waals surface area contributed by atoms with Crippen molar-refractivity contribution in [2.45, 2.75) is 25.7 Å². The lowest BCUT2D eigenvalue weighted by molar-refractivity contribution is 0.0223. The molecule has 6 aliphatic carbocycles. The highest BCUT2D eigenvalue weighted by Gasteiger charge is 2.47. The highest BCUT2D eigenvalue weighted by Crippen LogP contribution is 2.55. The molecule has 0 heterocycles. The fourth-order valence-electron chi connectivity index (χ4n) is 7.24. The monoisotopic (exact) mass is 394 g/mol. The molecule has 0 amide bonds. The number of hydrogen-bond donors (Lipinski definition) is 0. The van der Waals surface area contributed by atoms with Crippen LogP contribution < -0.4 is 0 Å². The number of hydrogen-bond acceptors (Lipinski definition) is 3. The van der Waals surface area contributed by atoms with Crippen molar-refractivity contribution in [1.29, 1.82) is 0 Å². The topological polar surface area (TPSA) is 27.7 Å². The molecule has 4 bridgehead atoms. The summed E-state index contributed by atoms with van der Waals surface area (Å²) in [5.74, 6) is 6.67. The Hall–Kier alpha value is -1.16. The Morgan fingerprint density at radius 2 is 1.03 bits per heavy atom. The zero-order chi connectivity index (χ0) is 19.2. The Labute approximate surface area is 174 Å². The minimum atomic E-state index is 0.665. The fourth-order valence-corrected chi connectivity index (χ4v) is 7.24. The predicted molar refractivity (Wildman–Crippen MR) is 113 cm³/mol. The van der Waals surface area contributed by atoms with E-state index in [1.54, 1.807) is 0 Å². The van der Waals surface area contributed by atoms with Crippen molar-refractivity contribution in [3.05, 3.63) is 47.6 Å². The zero-order valence-corrected chi connectivity index (χ0v) is 17.4. The van der Waals surface area contributed by atoms with Crippen LogP contribution >= 0.6 is 0 Å². The van der Waals surface area contributed by atoms with E-state index < -0.39 is 0 Å². The van der Waals surface area contributed by atoms with Crippen LogP contribution in [0.15, 0.2) is 47.6 Å². The van der Waals surface area contributed by atoms with Crippen LogP contribution in [-0.4, -0.2) is 39.6 Å². The van der Waals surface area contributed by atoms with Crippen LogP contribution in [-0.2, 0) is 14.2 Å². The van der Waals surface area contributed by atoms with Crippen LogP contribution in [0.5, 0.6) is 0 Å². The standard InChI is InChI=1S/C26H34O3/c1-2-20-13-19(1)23-9-17(10-24(20)23)15-28-7-5-27-6-8-29-16-18-11-25-21-3-4-22(14-21)26(25)12-18/h1-4,9,11,19-26H,5-8,10,12-16H2. The third kappa shape index (κ3) is 3.49. The second kappa shape index (κ2) is 7.83. The van der Waals surface area contributed by atoms with Crippen LogP contribution in [0, 0.1) is 47.3 Å². The SMILES string of the molecule is C1=CC2CC1C1C=C(COCCOCCOCC3=CC4C5C=CC(C5)C4C3)CC21. The second-order valence-corrected chi connectivity index (χ2v) is 10.2. The Kier molecular flexibility index (Phi) is 5.02. The smallest absolute Gasteiger partial charge is 0.0704 e. The van der Waals surface area contributed by atoms with Gasteiger partial charge in [0.25, 0.3) is 0 Å². The van der Waals surface area contributed by atoms with E-state index in [1.165, 1.54) is 36.8 Å². The fraction of sp³-hybridized carbons (Fsp3) is 0.692. The van der Waals surface area contributed by atoms with E-state index in [-0.39, 0.29) is 0 Å². The van der Waals surface area contributed by atoms with Crippen molar-refractivity contribution >= 4 is 0 Å². The lowest BCUT2D eigenvalue weighted by Crippen LogP contribution is -2.13. The van der Waals surface area contributed by atoms with Crippen LogP contribution in [0.3, 0.4) is 0 Å². The molecule has 0 saturated heterocycles. The maximum Gasteiger partial charge on any atom is 0.0704 e. The summed E-state index contributed by atoms with van der Waals surface area (Å²) in [6.45, 7) is 4.28. The molecular formula is C26H34O3. The molecule has 6 aliphatic rings. The molecule has 0 aromatic heterocycles. The van der Waals surface area contributed by atoms with Gasteiger partial charge in [-0.05, 0) is 84.2 Å². The van der Waals surface area contributed by atoms with Gasteiger partial charge in [-0.3, -0.25) is 0 Å². The van der Waals surface area contributed by atoms with E-state index in [0.717, 1.165) is 60.6 Å². The summed E-state index contributed by atoms with van der Waals surface area (Å²) in [4.78, 5) is 0. The number of allylic oxidation sites excluding steroid dienone is 6. The van der Waals surface area contributed by atoms with Gasteiger partial charge in [-0.2, -0.15) is 0 Å². The van der Waals surface area contributed by atoms with Gasteiger partial charge in [-0.1, -0.05) is 36.5 Å². The van der Waals surface area contributed by atoms with Crippen LogP contribution in [0.2, 0.25) is 0 Å². The molecule has 8 atom stereocenters. The average molecular weight is 395 g/mol. The highest BCUT2D eigenvalue weighted by atomic mass is 16.5. The molecule has 0 radical (unpaired) electrons. The van der Waals surface area contributed by atoms with Gasteiger partial charge in [0.2, 0.25) is 0 Å². The summed E-state index contributed by atoms with van der Waals surface area (Å²) in [6, 6.07) is 0. The first-order valence-corrected chi connectivity index (χ1v) is 11.8. The van der Waals surface area contributed by atoms with Crippen molar-refractivity contribution < 1.29 is 14.2 Å². The summed E-state index contributed by atoms with van der Waals surface area (Å²) < 4.78 is 17.4. The Morgan fingerprint density at radius 3 is 1.52 bits per heavy atom. The molecule has 29 heavy (non-hydrogen) atoms. The Bertz CT molecular complexity index is 685. The van der Waals surface area contributed by atoms with E-state index in [9.17, 15) is 0 Å². The average Bonchev–Trinajstić information content (AvgIpc) is 3.54. The molecule has 0 aromatic carbocycles. The molecule has 0 N–H and O–H groups in total. The maximum absolute atomic E-state index is 5.86. The lowest BCUT2D eigenvalue weighted by Gasteiger charge is -2.19. The highest BCUT2D eigenvalue weighted by molar-refractivity contribution is 5.27. The quantitative estimate of drug-likeness (QED) is 0.401. The van der Waals surface area contributed by atoms with Crippen molar-refractivity contribution in [3.63, 3.8) is 0 Å². The summed E-state index contributed by atoms with van der Waals surface area (Å²) in [5.41, 5.74) is 3.03. The zero-order valence-electron chi connectivity index (χ0n) is 17.4. The van der Waals surface area contributed by atoms with Gasteiger partial charge in [0, 0.05) is 0 Å². The van der Waals surface area contributed by atoms with Crippen molar-refractivity contribution in [3.8, 4) is 0 Å². The van der Waals surface area contributed by atoms with E-state index in [0.29, 0.717) is 26.4 Å². The third-order valence-corrected chi connectivity index (χ3v) is 8.55. The number of ether oxygens (including phenoxy) is 3. The van der Waals surface area contributed by atoms with Crippen molar-refractivity contribution in [2.75, 3.05) is 39.6 Å². The second-order valence-electron chi connectivity index (χ2n) is 10.2. The molecule has 8 unspecified atom stereocenters. The molecular weight excluding hydrogens is 360 g/mol. The maximum atomic E-state index is 5.86. The van der Waals surface area contributed by atoms with Gasteiger partial charge in [0.15, 0.2) is 0 Å².